The topological polar surface area (TPSA) is 66.4 Å². The van der Waals surface area contributed by atoms with Crippen molar-refractivity contribution < 1.29 is 19.1 Å². The molecule has 0 aliphatic heterocycles. The number of aryl methyl sites for hydroxylation is 1. The normalized spacial score (nSPS) is 12.8. The van der Waals surface area contributed by atoms with Gasteiger partial charge in [-0.2, -0.15) is 0 Å². The molecule has 4 nitrogen and oxygen atoms in total. The molecule has 0 aliphatic carbocycles. The van der Waals surface area contributed by atoms with Crippen LogP contribution in [0, 0.1) is 11.2 Å². The molecular formula is C16H22FNO3. The fraction of sp³-hybridized carbons (Fsp3) is 0.500. The zero-order valence-electron chi connectivity index (χ0n) is 12.6. The van der Waals surface area contributed by atoms with Crippen molar-refractivity contribution in [3.8, 4) is 0 Å². The van der Waals surface area contributed by atoms with E-state index in [9.17, 15) is 14.0 Å². The van der Waals surface area contributed by atoms with Crippen LogP contribution in [0.4, 0.5) is 4.39 Å². The van der Waals surface area contributed by atoms with Gasteiger partial charge in [-0.25, -0.2) is 4.39 Å². The van der Waals surface area contributed by atoms with Crippen molar-refractivity contribution >= 4 is 11.9 Å². The fourth-order valence-corrected chi connectivity index (χ4v) is 1.92. The number of rotatable bonds is 6. The number of carbonyl (C=O) groups excluding carboxylic acids is 1. The van der Waals surface area contributed by atoms with E-state index in [1.165, 1.54) is 12.1 Å². The minimum atomic E-state index is -0.936. The molecule has 1 unspecified atom stereocenters. The van der Waals surface area contributed by atoms with Crippen molar-refractivity contribution in [2.24, 2.45) is 5.41 Å². The summed E-state index contributed by atoms with van der Waals surface area (Å²) in [6.07, 6.45) is 0.639. The van der Waals surface area contributed by atoms with Crippen LogP contribution in [0.15, 0.2) is 24.3 Å². The zero-order valence-corrected chi connectivity index (χ0v) is 12.6. The second-order valence-electron chi connectivity index (χ2n) is 6.21. The molecule has 1 amide bonds. The van der Waals surface area contributed by atoms with E-state index in [1.54, 1.807) is 12.1 Å². The Kier molecular flexibility index (Phi) is 5.88. The monoisotopic (exact) mass is 295 g/mol. The van der Waals surface area contributed by atoms with Gasteiger partial charge in [-0.05, 0) is 29.5 Å². The SMILES string of the molecule is CC(C)(C)C(CC(=O)O)NC(=O)CCc1ccc(F)cc1. The van der Waals surface area contributed by atoms with Gasteiger partial charge in [0.05, 0.1) is 6.42 Å². The Hall–Kier alpha value is -1.91. The Balaban J connectivity index is 2.54. The molecule has 0 saturated carbocycles. The summed E-state index contributed by atoms with van der Waals surface area (Å²) >= 11 is 0. The minimum absolute atomic E-state index is 0.105. The number of hydrogen-bond acceptors (Lipinski definition) is 2. The Bertz CT molecular complexity index is 491. The standard InChI is InChI=1S/C16H22FNO3/c1-16(2,3)13(10-15(20)21)18-14(19)9-6-11-4-7-12(17)8-5-11/h4-5,7-8,13H,6,9-10H2,1-3H3,(H,18,19)(H,20,21). The highest BCUT2D eigenvalue weighted by molar-refractivity contribution is 5.77. The largest absolute Gasteiger partial charge is 0.481 e. The van der Waals surface area contributed by atoms with Gasteiger partial charge in [0.2, 0.25) is 5.91 Å². The first kappa shape index (κ1) is 17.1. The van der Waals surface area contributed by atoms with E-state index in [0.29, 0.717) is 6.42 Å². The van der Waals surface area contributed by atoms with Crippen LogP contribution in [0.25, 0.3) is 0 Å². The third-order valence-corrected chi connectivity index (χ3v) is 3.31. The highest BCUT2D eigenvalue weighted by atomic mass is 19.1. The number of carbonyl (C=O) groups is 2. The van der Waals surface area contributed by atoms with Crippen molar-refractivity contribution in [1.82, 2.24) is 5.32 Å². The van der Waals surface area contributed by atoms with Crippen LogP contribution in [0.2, 0.25) is 0 Å². The van der Waals surface area contributed by atoms with Crippen LogP contribution in [-0.2, 0) is 16.0 Å². The first-order chi connectivity index (χ1) is 9.68. The van der Waals surface area contributed by atoms with Crippen molar-refractivity contribution in [2.75, 3.05) is 0 Å². The van der Waals surface area contributed by atoms with Crippen LogP contribution in [0.1, 0.15) is 39.2 Å². The summed E-state index contributed by atoms with van der Waals surface area (Å²) in [4.78, 5) is 22.8. The van der Waals surface area contributed by atoms with Gasteiger partial charge in [-0.15, -0.1) is 0 Å². The maximum Gasteiger partial charge on any atom is 0.305 e. The number of hydrogen-bond donors (Lipinski definition) is 2. The lowest BCUT2D eigenvalue weighted by Gasteiger charge is -2.30. The molecule has 1 aromatic rings. The van der Waals surface area contributed by atoms with Crippen LogP contribution in [-0.4, -0.2) is 23.0 Å². The van der Waals surface area contributed by atoms with E-state index in [1.807, 2.05) is 20.8 Å². The Morgan fingerprint density at radius 3 is 2.29 bits per heavy atom. The number of carboxylic acids is 1. The summed E-state index contributed by atoms with van der Waals surface area (Å²) < 4.78 is 12.8. The molecule has 0 bridgehead atoms. The average molecular weight is 295 g/mol. The molecule has 5 heteroatoms. The first-order valence-electron chi connectivity index (χ1n) is 6.94. The van der Waals surface area contributed by atoms with Crippen LogP contribution in [0.3, 0.4) is 0 Å². The van der Waals surface area contributed by atoms with Gasteiger partial charge in [-0.3, -0.25) is 9.59 Å². The van der Waals surface area contributed by atoms with Crippen LogP contribution >= 0.6 is 0 Å². The maximum atomic E-state index is 12.8. The average Bonchev–Trinajstić information content (AvgIpc) is 2.36. The highest BCUT2D eigenvalue weighted by Crippen LogP contribution is 2.22. The molecule has 0 aromatic heterocycles. The molecule has 1 rings (SSSR count). The summed E-state index contributed by atoms with van der Waals surface area (Å²) in [5, 5.41) is 11.7. The number of halogens is 1. The van der Waals surface area contributed by atoms with Gasteiger partial charge in [-0.1, -0.05) is 32.9 Å². The molecule has 0 heterocycles. The van der Waals surface area contributed by atoms with Crippen LogP contribution < -0.4 is 5.32 Å². The molecule has 0 radical (unpaired) electrons. The van der Waals surface area contributed by atoms with Crippen molar-refractivity contribution in [3.63, 3.8) is 0 Å². The number of amides is 1. The molecule has 0 spiro atoms. The quantitative estimate of drug-likeness (QED) is 0.848. The van der Waals surface area contributed by atoms with Gasteiger partial charge in [0.25, 0.3) is 0 Å². The molecule has 0 fully saturated rings. The summed E-state index contributed by atoms with van der Waals surface area (Å²) in [5.74, 6) is -1.44. The molecule has 21 heavy (non-hydrogen) atoms. The summed E-state index contributed by atoms with van der Waals surface area (Å²) in [6, 6.07) is 5.57. The minimum Gasteiger partial charge on any atom is -0.481 e. The lowest BCUT2D eigenvalue weighted by Crippen LogP contribution is -2.45. The van der Waals surface area contributed by atoms with Crippen molar-refractivity contribution in [2.45, 2.75) is 46.1 Å². The Morgan fingerprint density at radius 1 is 1.24 bits per heavy atom. The smallest absolute Gasteiger partial charge is 0.305 e. The molecule has 0 aliphatic rings. The number of benzene rings is 1. The molecule has 116 valence electrons. The van der Waals surface area contributed by atoms with Gasteiger partial charge >= 0.3 is 5.97 Å². The highest BCUT2D eigenvalue weighted by Gasteiger charge is 2.28. The molecule has 1 atom stereocenters. The van der Waals surface area contributed by atoms with Gasteiger partial charge in [0.15, 0.2) is 0 Å². The first-order valence-corrected chi connectivity index (χ1v) is 6.94. The number of carboxylic acid groups (broad SMARTS) is 1. The van der Waals surface area contributed by atoms with Gasteiger partial charge in [0, 0.05) is 12.5 Å². The van der Waals surface area contributed by atoms with E-state index in [-0.39, 0.29) is 30.0 Å². The second-order valence-corrected chi connectivity index (χ2v) is 6.21. The molecule has 2 N–H and O–H groups in total. The number of nitrogens with one attached hydrogen (secondary N) is 1. The van der Waals surface area contributed by atoms with E-state index in [0.717, 1.165) is 5.56 Å². The van der Waals surface area contributed by atoms with E-state index < -0.39 is 12.0 Å². The molecule has 1 aromatic carbocycles. The van der Waals surface area contributed by atoms with E-state index in [2.05, 4.69) is 5.32 Å². The number of aliphatic carboxylic acids is 1. The van der Waals surface area contributed by atoms with Crippen molar-refractivity contribution in [1.29, 1.82) is 0 Å². The van der Waals surface area contributed by atoms with Crippen molar-refractivity contribution in [3.05, 3.63) is 35.6 Å². The second kappa shape index (κ2) is 7.20. The zero-order chi connectivity index (χ0) is 16.0. The maximum absolute atomic E-state index is 12.8. The van der Waals surface area contributed by atoms with E-state index in [4.69, 9.17) is 5.11 Å². The predicted molar refractivity (Wildman–Crippen MR) is 78.4 cm³/mol. The Morgan fingerprint density at radius 2 is 1.81 bits per heavy atom. The lowest BCUT2D eigenvalue weighted by atomic mass is 9.84. The molecule has 0 saturated heterocycles. The summed E-state index contributed by atoms with van der Waals surface area (Å²) in [5.41, 5.74) is 0.543. The lowest BCUT2D eigenvalue weighted by molar-refractivity contribution is -0.138. The fourth-order valence-electron chi connectivity index (χ4n) is 1.92. The summed E-state index contributed by atoms with van der Waals surface area (Å²) in [7, 11) is 0. The molecular weight excluding hydrogens is 273 g/mol. The van der Waals surface area contributed by atoms with E-state index >= 15 is 0 Å². The van der Waals surface area contributed by atoms with Gasteiger partial charge < -0.3 is 10.4 Å². The third kappa shape index (κ3) is 6.38. The Labute approximate surface area is 124 Å². The third-order valence-electron chi connectivity index (χ3n) is 3.31. The predicted octanol–water partition coefficient (Wildman–Crippen LogP) is 2.76. The summed E-state index contributed by atoms with van der Waals surface area (Å²) in [6.45, 7) is 5.67. The van der Waals surface area contributed by atoms with Crippen LogP contribution in [0.5, 0.6) is 0 Å². The van der Waals surface area contributed by atoms with Gasteiger partial charge in [0.1, 0.15) is 5.82 Å².